The van der Waals surface area contributed by atoms with Gasteiger partial charge < -0.3 is 11.5 Å². The van der Waals surface area contributed by atoms with Gasteiger partial charge in [0.25, 0.3) is 0 Å². The van der Waals surface area contributed by atoms with Crippen LogP contribution >= 0.6 is 0 Å². The van der Waals surface area contributed by atoms with Crippen molar-refractivity contribution in [2.24, 2.45) is 11.5 Å². The zero-order valence-corrected chi connectivity index (χ0v) is 12.5. The lowest BCUT2D eigenvalue weighted by molar-refractivity contribution is -0.125. The fourth-order valence-electron chi connectivity index (χ4n) is 2.66. The van der Waals surface area contributed by atoms with Gasteiger partial charge in [-0.15, -0.1) is 0 Å². The maximum atomic E-state index is 11.7. The Morgan fingerprint density at radius 3 is 2.20 bits per heavy atom. The number of amides is 3. The second kappa shape index (κ2) is 8.18. The third-order valence-electron chi connectivity index (χ3n) is 3.93. The summed E-state index contributed by atoms with van der Waals surface area (Å²) < 4.78 is 0. The lowest BCUT2D eigenvalue weighted by Gasteiger charge is -2.40. The molecule has 7 nitrogen and oxygen atoms in total. The average Bonchev–Trinajstić information content (AvgIpc) is 2.43. The number of nitrogens with one attached hydrogen (secondary N) is 1. The molecule has 1 fully saturated rings. The van der Waals surface area contributed by atoms with Gasteiger partial charge in [-0.2, -0.15) is 0 Å². The molecule has 0 aliphatic carbocycles. The number of piperazine rings is 1. The SMILES string of the molecule is CCCC(CN)N1CCN(C(C)C(=O)NC(N)=O)CC1. The summed E-state index contributed by atoms with van der Waals surface area (Å²) >= 11 is 0. The molecule has 1 aliphatic rings. The summed E-state index contributed by atoms with van der Waals surface area (Å²) in [7, 11) is 0. The number of nitrogens with zero attached hydrogens (tertiary/aromatic N) is 2. The van der Waals surface area contributed by atoms with Gasteiger partial charge in [0.2, 0.25) is 5.91 Å². The number of hydrogen-bond acceptors (Lipinski definition) is 5. The summed E-state index contributed by atoms with van der Waals surface area (Å²) in [6.45, 7) is 8.02. The molecule has 0 bridgehead atoms. The van der Waals surface area contributed by atoms with E-state index in [4.69, 9.17) is 11.5 Å². The van der Waals surface area contributed by atoms with E-state index in [0.29, 0.717) is 12.6 Å². The maximum absolute atomic E-state index is 11.7. The first-order valence-electron chi connectivity index (χ1n) is 7.28. The first-order chi connectivity index (χ1) is 9.49. The minimum absolute atomic E-state index is 0.338. The van der Waals surface area contributed by atoms with Crippen LogP contribution in [0.4, 0.5) is 4.79 Å². The summed E-state index contributed by atoms with van der Waals surface area (Å²) in [4.78, 5) is 26.9. The number of carbonyl (C=O) groups is 2. The van der Waals surface area contributed by atoms with Crippen LogP contribution in [0.1, 0.15) is 26.7 Å². The first-order valence-corrected chi connectivity index (χ1v) is 7.28. The van der Waals surface area contributed by atoms with Crippen LogP contribution in [0.5, 0.6) is 0 Å². The van der Waals surface area contributed by atoms with E-state index in [1.807, 2.05) is 0 Å². The van der Waals surface area contributed by atoms with Crippen molar-refractivity contribution in [3.63, 3.8) is 0 Å². The lowest BCUT2D eigenvalue weighted by atomic mass is 10.1. The van der Waals surface area contributed by atoms with E-state index in [1.165, 1.54) is 0 Å². The van der Waals surface area contributed by atoms with Crippen molar-refractivity contribution in [2.45, 2.75) is 38.8 Å². The highest BCUT2D eigenvalue weighted by atomic mass is 16.2. The van der Waals surface area contributed by atoms with Crippen LogP contribution in [0.15, 0.2) is 0 Å². The van der Waals surface area contributed by atoms with Gasteiger partial charge in [0.1, 0.15) is 0 Å². The van der Waals surface area contributed by atoms with Gasteiger partial charge in [0.15, 0.2) is 0 Å². The van der Waals surface area contributed by atoms with E-state index in [9.17, 15) is 9.59 Å². The molecule has 0 radical (unpaired) electrons. The molecule has 2 atom stereocenters. The lowest BCUT2D eigenvalue weighted by Crippen LogP contribution is -2.57. The summed E-state index contributed by atoms with van der Waals surface area (Å²) in [5.41, 5.74) is 10.8. The molecule has 0 aromatic heterocycles. The standard InChI is InChI=1S/C13H27N5O2/c1-3-4-11(9-14)18-7-5-17(6-8-18)10(2)12(19)16-13(15)20/h10-11H,3-9,14H2,1-2H3,(H3,15,16,19,20). The number of nitrogens with two attached hydrogens (primary N) is 2. The quantitative estimate of drug-likeness (QED) is 0.599. The Balaban J connectivity index is 2.44. The molecule has 0 aromatic carbocycles. The predicted molar refractivity (Wildman–Crippen MR) is 78.1 cm³/mol. The van der Waals surface area contributed by atoms with Crippen molar-refractivity contribution >= 4 is 11.9 Å². The molecular weight excluding hydrogens is 258 g/mol. The predicted octanol–water partition coefficient (Wildman–Crippen LogP) is -0.685. The fraction of sp³-hybridized carbons (Fsp3) is 0.846. The molecule has 7 heteroatoms. The Bertz CT molecular complexity index is 329. The third-order valence-corrected chi connectivity index (χ3v) is 3.93. The molecule has 0 aromatic rings. The van der Waals surface area contributed by atoms with Crippen molar-refractivity contribution < 1.29 is 9.59 Å². The molecular formula is C13H27N5O2. The molecule has 2 unspecified atom stereocenters. The van der Waals surface area contributed by atoms with Crippen LogP contribution in [-0.4, -0.2) is 66.5 Å². The van der Waals surface area contributed by atoms with Crippen LogP contribution in [0, 0.1) is 0 Å². The Morgan fingerprint density at radius 1 is 1.20 bits per heavy atom. The molecule has 0 spiro atoms. The maximum Gasteiger partial charge on any atom is 0.318 e. The Labute approximate surface area is 120 Å². The van der Waals surface area contributed by atoms with Crippen molar-refractivity contribution in [3.8, 4) is 0 Å². The van der Waals surface area contributed by atoms with Crippen molar-refractivity contribution in [2.75, 3.05) is 32.7 Å². The van der Waals surface area contributed by atoms with E-state index in [1.54, 1.807) is 6.92 Å². The number of hydrogen-bond donors (Lipinski definition) is 3. The number of imide groups is 1. The molecule has 20 heavy (non-hydrogen) atoms. The normalized spacial score (nSPS) is 20.4. The molecule has 116 valence electrons. The van der Waals surface area contributed by atoms with E-state index < -0.39 is 6.03 Å². The first kappa shape index (κ1) is 16.9. The van der Waals surface area contributed by atoms with Gasteiger partial charge in [-0.1, -0.05) is 13.3 Å². The molecule has 1 aliphatic heterocycles. The van der Waals surface area contributed by atoms with Crippen molar-refractivity contribution in [1.82, 2.24) is 15.1 Å². The zero-order chi connectivity index (χ0) is 15.1. The summed E-state index contributed by atoms with van der Waals surface area (Å²) in [6, 6.07) is -0.712. The number of carbonyl (C=O) groups excluding carboxylic acids is 2. The minimum Gasteiger partial charge on any atom is -0.351 e. The monoisotopic (exact) mass is 285 g/mol. The Kier molecular flexibility index (Phi) is 6.90. The van der Waals surface area contributed by atoms with E-state index in [0.717, 1.165) is 39.0 Å². The van der Waals surface area contributed by atoms with Crippen LogP contribution < -0.4 is 16.8 Å². The largest absolute Gasteiger partial charge is 0.351 e. The van der Waals surface area contributed by atoms with Crippen LogP contribution in [0.25, 0.3) is 0 Å². The molecule has 1 heterocycles. The topological polar surface area (TPSA) is 105 Å². The van der Waals surface area contributed by atoms with Crippen molar-refractivity contribution in [3.05, 3.63) is 0 Å². The summed E-state index contributed by atoms with van der Waals surface area (Å²) in [5.74, 6) is -0.338. The van der Waals surface area contributed by atoms with Gasteiger partial charge in [-0.3, -0.25) is 19.9 Å². The highest BCUT2D eigenvalue weighted by Crippen LogP contribution is 2.12. The minimum atomic E-state index is -0.799. The number of urea groups is 1. The fourth-order valence-corrected chi connectivity index (χ4v) is 2.66. The second-order valence-corrected chi connectivity index (χ2v) is 5.28. The van der Waals surface area contributed by atoms with Crippen LogP contribution in [-0.2, 0) is 4.79 Å². The molecule has 0 saturated carbocycles. The van der Waals surface area contributed by atoms with Gasteiger partial charge in [0.05, 0.1) is 6.04 Å². The number of primary amides is 1. The van der Waals surface area contributed by atoms with Gasteiger partial charge in [-0.25, -0.2) is 4.79 Å². The molecule has 1 rings (SSSR count). The van der Waals surface area contributed by atoms with Gasteiger partial charge >= 0.3 is 6.03 Å². The van der Waals surface area contributed by atoms with Crippen LogP contribution in [0.2, 0.25) is 0 Å². The van der Waals surface area contributed by atoms with Crippen LogP contribution in [0.3, 0.4) is 0 Å². The zero-order valence-electron chi connectivity index (χ0n) is 12.5. The second-order valence-electron chi connectivity index (χ2n) is 5.28. The molecule has 3 amide bonds. The highest BCUT2D eigenvalue weighted by molar-refractivity contribution is 5.96. The van der Waals surface area contributed by atoms with E-state index >= 15 is 0 Å². The highest BCUT2D eigenvalue weighted by Gasteiger charge is 2.28. The Morgan fingerprint density at radius 2 is 1.75 bits per heavy atom. The summed E-state index contributed by atoms with van der Waals surface area (Å²) in [5, 5.41) is 2.13. The molecule has 5 N–H and O–H groups in total. The Hall–Kier alpha value is -1.18. The number of rotatable bonds is 6. The molecule has 1 saturated heterocycles. The smallest absolute Gasteiger partial charge is 0.318 e. The van der Waals surface area contributed by atoms with E-state index in [2.05, 4.69) is 22.0 Å². The van der Waals surface area contributed by atoms with Gasteiger partial charge in [-0.05, 0) is 13.3 Å². The third kappa shape index (κ3) is 4.73. The van der Waals surface area contributed by atoms with E-state index in [-0.39, 0.29) is 11.9 Å². The average molecular weight is 285 g/mol. The van der Waals surface area contributed by atoms with Gasteiger partial charge in [0, 0.05) is 38.8 Å². The summed E-state index contributed by atoms with van der Waals surface area (Å²) in [6.07, 6.45) is 2.23. The van der Waals surface area contributed by atoms with Crippen molar-refractivity contribution in [1.29, 1.82) is 0 Å².